The lowest BCUT2D eigenvalue weighted by atomic mass is 10.2. The number of aryl methyl sites for hydroxylation is 1. The fraction of sp³-hybridized carbons (Fsp3) is 0.105. The minimum absolute atomic E-state index is 0.101. The van der Waals surface area contributed by atoms with Crippen molar-refractivity contribution in [1.29, 1.82) is 0 Å². The molecular formula is C19H19N3O2S. The molecule has 2 aromatic carbocycles. The first kappa shape index (κ1) is 17.1. The Morgan fingerprint density at radius 2 is 1.64 bits per heavy atom. The molecule has 0 saturated heterocycles. The topological polar surface area (TPSA) is 77.5 Å². The largest absolute Gasteiger partial charge is 0.318 e. The molecule has 0 atom stereocenters. The van der Waals surface area contributed by atoms with E-state index in [1.807, 2.05) is 50.4 Å². The third-order valence-electron chi connectivity index (χ3n) is 4.00. The highest BCUT2D eigenvalue weighted by Crippen LogP contribution is 2.21. The van der Waals surface area contributed by atoms with E-state index in [0.29, 0.717) is 0 Å². The molecule has 0 radical (unpaired) electrons. The van der Waals surface area contributed by atoms with E-state index in [-0.39, 0.29) is 4.90 Å². The van der Waals surface area contributed by atoms with E-state index < -0.39 is 10.0 Å². The van der Waals surface area contributed by atoms with Gasteiger partial charge < -0.3 is 4.57 Å². The van der Waals surface area contributed by atoms with E-state index in [1.54, 1.807) is 12.1 Å². The van der Waals surface area contributed by atoms with Crippen molar-refractivity contribution in [1.82, 2.24) is 4.57 Å². The Labute approximate surface area is 147 Å². The first-order valence-corrected chi connectivity index (χ1v) is 9.32. The van der Waals surface area contributed by atoms with Gasteiger partial charge in [0.1, 0.15) is 0 Å². The predicted molar refractivity (Wildman–Crippen MR) is 100 cm³/mol. The van der Waals surface area contributed by atoms with Gasteiger partial charge in [-0.2, -0.15) is 0 Å². The number of rotatable bonds is 4. The van der Waals surface area contributed by atoms with Crippen molar-refractivity contribution in [3.63, 3.8) is 0 Å². The van der Waals surface area contributed by atoms with Crippen LogP contribution in [0.1, 0.15) is 17.0 Å². The summed E-state index contributed by atoms with van der Waals surface area (Å²) in [6.07, 6.45) is 1.84. The number of nitrogens with zero attached hydrogens (tertiary/aromatic N) is 2. The van der Waals surface area contributed by atoms with Crippen LogP contribution in [0.3, 0.4) is 0 Å². The number of aromatic nitrogens is 1. The first-order valence-electron chi connectivity index (χ1n) is 7.77. The molecule has 0 aliphatic rings. The van der Waals surface area contributed by atoms with Gasteiger partial charge in [-0.1, -0.05) is 18.2 Å². The van der Waals surface area contributed by atoms with Gasteiger partial charge in [0.2, 0.25) is 10.0 Å². The van der Waals surface area contributed by atoms with Crippen LogP contribution in [-0.2, 0) is 10.0 Å². The third-order valence-corrected chi connectivity index (χ3v) is 4.93. The van der Waals surface area contributed by atoms with Crippen LogP contribution >= 0.6 is 0 Å². The summed E-state index contributed by atoms with van der Waals surface area (Å²) in [6.45, 7) is 4.01. The molecule has 0 unspecified atom stereocenters. The molecule has 0 bridgehead atoms. The number of benzene rings is 2. The molecule has 0 spiro atoms. The Kier molecular flexibility index (Phi) is 4.57. The van der Waals surface area contributed by atoms with Gasteiger partial charge in [0.05, 0.1) is 10.6 Å². The Hall–Kier alpha value is -2.70. The third kappa shape index (κ3) is 3.70. The lowest BCUT2D eigenvalue weighted by Crippen LogP contribution is -2.12. The molecule has 1 aromatic heterocycles. The Morgan fingerprint density at radius 1 is 1.00 bits per heavy atom. The number of nitrogens with two attached hydrogens (primary N) is 1. The molecule has 1 heterocycles. The van der Waals surface area contributed by atoms with Crippen molar-refractivity contribution in [2.75, 3.05) is 0 Å². The molecule has 3 aromatic rings. The van der Waals surface area contributed by atoms with E-state index in [9.17, 15) is 8.42 Å². The van der Waals surface area contributed by atoms with Crippen LogP contribution in [0.15, 0.2) is 70.6 Å². The summed E-state index contributed by atoms with van der Waals surface area (Å²) in [5, 5.41) is 5.15. The molecule has 25 heavy (non-hydrogen) atoms. The van der Waals surface area contributed by atoms with E-state index in [0.717, 1.165) is 28.3 Å². The minimum atomic E-state index is -3.69. The van der Waals surface area contributed by atoms with Gasteiger partial charge in [0, 0.05) is 28.9 Å². The number of hydrogen-bond donors (Lipinski definition) is 1. The van der Waals surface area contributed by atoms with Crippen molar-refractivity contribution in [2.45, 2.75) is 18.7 Å². The molecule has 128 valence electrons. The minimum Gasteiger partial charge on any atom is -0.318 e. The molecular weight excluding hydrogens is 334 g/mol. The van der Waals surface area contributed by atoms with Crippen molar-refractivity contribution >= 4 is 21.9 Å². The highest BCUT2D eigenvalue weighted by atomic mass is 32.2. The second-order valence-electron chi connectivity index (χ2n) is 5.79. The summed E-state index contributed by atoms with van der Waals surface area (Å²) in [5.74, 6) is 0. The van der Waals surface area contributed by atoms with Crippen molar-refractivity contribution in [3.05, 3.63) is 77.6 Å². The molecule has 5 nitrogen and oxygen atoms in total. The van der Waals surface area contributed by atoms with E-state index in [4.69, 9.17) is 5.14 Å². The van der Waals surface area contributed by atoms with Crippen LogP contribution in [0.2, 0.25) is 0 Å². The van der Waals surface area contributed by atoms with Crippen LogP contribution in [0.5, 0.6) is 0 Å². The highest BCUT2D eigenvalue weighted by Gasteiger charge is 2.11. The van der Waals surface area contributed by atoms with Crippen LogP contribution in [0.4, 0.5) is 5.69 Å². The molecule has 0 amide bonds. The zero-order valence-corrected chi connectivity index (χ0v) is 14.9. The van der Waals surface area contributed by atoms with E-state index in [2.05, 4.69) is 15.6 Å². The molecule has 0 saturated carbocycles. The zero-order valence-electron chi connectivity index (χ0n) is 14.0. The van der Waals surface area contributed by atoms with Crippen LogP contribution in [0.25, 0.3) is 5.69 Å². The number of aliphatic imine (C=N–C) groups is 1. The van der Waals surface area contributed by atoms with Gasteiger partial charge in [-0.3, -0.25) is 4.99 Å². The summed E-state index contributed by atoms with van der Waals surface area (Å²) in [5.41, 5.74) is 4.85. The van der Waals surface area contributed by atoms with Crippen molar-refractivity contribution in [2.24, 2.45) is 10.1 Å². The second kappa shape index (κ2) is 6.66. The van der Waals surface area contributed by atoms with Gasteiger partial charge in [-0.15, -0.1) is 0 Å². The van der Waals surface area contributed by atoms with Crippen LogP contribution in [0, 0.1) is 13.8 Å². The van der Waals surface area contributed by atoms with Gasteiger partial charge in [0.25, 0.3) is 0 Å². The maximum absolute atomic E-state index is 11.4. The average Bonchev–Trinajstić information content (AvgIpc) is 2.87. The fourth-order valence-corrected chi connectivity index (χ4v) is 3.27. The maximum Gasteiger partial charge on any atom is 0.238 e. The van der Waals surface area contributed by atoms with Crippen LogP contribution in [-0.4, -0.2) is 19.2 Å². The predicted octanol–water partition coefficient (Wildman–Crippen LogP) is 3.49. The van der Waals surface area contributed by atoms with Crippen LogP contribution < -0.4 is 5.14 Å². The van der Waals surface area contributed by atoms with Gasteiger partial charge in [0.15, 0.2) is 0 Å². The van der Waals surface area contributed by atoms with Gasteiger partial charge in [-0.05, 0) is 56.3 Å². The van der Waals surface area contributed by atoms with E-state index in [1.165, 1.54) is 12.1 Å². The highest BCUT2D eigenvalue weighted by molar-refractivity contribution is 7.89. The summed E-state index contributed by atoms with van der Waals surface area (Å²) >= 11 is 0. The smallest absolute Gasteiger partial charge is 0.238 e. The summed E-state index contributed by atoms with van der Waals surface area (Å²) < 4.78 is 24.8. The van der Waals surface area contributed by atoms with Crippen molar-refractivity contribution in [3.8, 4) is 5.69 Å². The quantitative estimate of drug-likeness (QED) is 0.729. The molecule has 2 N–H and O–H groups in total. The first-order chi connectivity index (χ1) is 11.9. The maximum atomic E-state index is 11.4. The van der Waals surface area contributed by atoms with Crippen molar-refractivity contribution < 1.29 is 8.42 Å². The zero-order chi connectivity index (χ0) is 18.0. The second-order valence-corrected chi connectivity index (χ2v) is 7.36. The molecule has 0 aliphatic carbocycles. The SMILES string of the molecule is Cc1cc(C=Nc2ccccc2)c(C)n1-c1ccc(S(N)(=O)=O)cc1. The summed E-state index contributed by atoms with van der Waals surface area (Å²) in [6, 6.07) is 18.3. The average molecular weight is 353 g/mol. The monoisotopic (exact) mass is 353 g/mol. The molecule has 0 fully saturated rings. The number of para-hydroxylation sites is 1. The summed E-state index contributed by atoms with van der Waals surface area (Å²) in [7, 11) is -3.69. The molecule has 0 aliphatic heterocycles. The normalized spacial score (nSPS) is 12.0. The molecule has 6 heteroatoms. The van der Waals surface area contributed by atoms with E-state index >= 15 is 0 Å². The Balaban J connectivity index is 1.96. The standard InChI is InChI=1S/C19H19N3O2S/c1-14-12-16(13-21-17-6-4-3-5-7-17)15(2)22(14)18-8-10-19(11-9-18)25(20,23)24/h3-13H,1-2H3,(H2,20,23,24). The summed E-state index contributed by atoms with van der Waals surface area (Å²) in [4.78, 5) is 4.60. The lowest BCUT2D eigenvalue weighted by molar-refractivity contribution is 0.598. The number of sulfonamides is 1. The lowest BCUT2D eigenvalue weighted by Gasteiger charge is -2.10. The number of hydrogen-bond acceptors (Lipinski definition) is 3. The fourth-order valence-electron chi connectivity index (χ4n) is 2.76. The van der Waals surface area contributed by atoms with Gasteiger partial charge in [-0.25, -0.2) is 13.6 Å². The molecule has 3 rings (SSSR count). The Morgan fingerprint density at radius 3 is 2.24 bits per heavy atom. The number of primary sulfonamides is 1. The van der Waals surface area contributed by atoms with Gasteiger partial charge >= 0.3 is 0 Å². The Bertz CT molecular complexity index is 1020.